The van der Waals surface area contributed by atoms with Gasteiger partial charge in [-0.2, -0.15) is 4.31 Å². The Morgan fingerprint density at radius 3 is 2.53 bits per heavy atom. The molecule has 1 aliphatic heterocycles. The molecule has 0 bridgehead atoms. The van der Waals surface area contributed by atoms with Crippen LogP contribution < -0.4 is 0 Å². The van der Waals surface area contributed by atoms with Gasteiger partial charge >= 0.3 is 0 Å². The summed E-state index contributed by atoms with van der Waals surface area (Å²) in [5.74, 6) is -0.00237. The molecule has 0 amide bonds. The second-order valence-electron chi connectivity index (χ2n) is 4.14. The minimum absolute atomic E-state index is 0.00534. The number of hydrogen-bond acceptors (Lipinski definition) is 3. The topological polar surface area (TPSA) is 54.5 Å². The molecular weight excluding hydrogens is 313 g/mol. The molecule has 2 rings (SSSR count). The fourth-order valence-electron chi connectivity index (χ4n) is 1.88. The Bertz CT molecular complexity index is 596. The van der Waals surface area contributed by atoms with Gasteiger partial charge < -0.3 is 0 Å². The van der Waals surface area contributed by atoms with Crippen LogP contribution in [0.5, 0.6) is 0 Å². The van der Waals surface area contributed by atoms with E-state index in [9.17, 15) is 17.0 Å². The molecule has 1 fully saturated rings. The average molecular weight is 326 g/mol. The number of benzene rings is 1. The standard InChI is InChI=1S/C11H13ClFNO3S2/c12-8-9-1-2-10(13)7-11(9)19(16,17)14-3-5-18(15)6-4-14/h1-2,7H,3-6,8H2. The third kappa shape index (κ3) is 3.16. The maximum atomic E-state index is 13.3. The highest BCUT2D eigenvalue weighted by Crippen LogP contribution is 2.23. The summed E-state index contributed by atoms with van der Waals surface area (Å²) in [4.78, 5) is -0.102. The number of sulfonamides is 1. The summed E-state index contributed by atoms with van der Waals surface area (Å²) < 4.78 is 50.6. The van der Waals surface area contributed by atoms with Crippen LogP contribution in [0.2, 0.25) is 0 Å². The summed E-state index contributed by atoms with van der Waals surface area (Å²) in [6.45, 7) is 0.375. The molecule has 0 saturated carbocycles. The largest absolute Gasteiger partial charge is 0.259 e. The van der Waals surface area contributed by atoms with Crippen molar-refractivity contribution in [2.24, 2.45) is 0 Å². The predicted octanol–water partition coefficient (Wildman–Crippen LogP) is 1.32. The number of halogens is 2. The Balaban J connectivity index is 2.39. The van der Waals surface area contributed by atoms with Crippen LogP contribution >= 0.6 is 11.6 Å². The van der Waals surface area contributed by atoms with Crippen LogP contribution in [0.25, 0.3) is 0 Å². The third-order valence-corrected chi connectivity index (χ3v) is 6.47. The van der Waals surface area contributed by atoms with Crippen molar-refractivity contribution in [3.63, 3.8) is 0 Å². The molecule has 0 N–H and O–H groups in total. The van der Waals surface area contributed by atoms with E-state index in [-0.39, 0.29) is 23.9 Å². The fourth-order valence-corrected chi connectivity index (χ4v) is 5.15. The van der Waals surface area contributed by atoms with E-state index in [4.69, 9.17) is 11.6 Å². The molecule has 19 heavy (non-hydrogen) atoms. The van der Waals surface area contributed by atoms with E-state index in [0.717, 1.165) is 6.07 Å². The Hall–Kier alpha value is -0.500. The van der Waals surface area contributed by atoms with Crippen LogP contribution in [0, 0.1) is 5.82 Å². The lowest BCUT2D eigenvalue weighted by Gasteiger charge is -2.26. The highest BCUT2D eigenvalue weighted by Gasteiger charge is 2.30. The van der Waals surface area contributed by atoms with Gasteiger partial charge in [0, 0.05) is 41.3 Å². The average Bonchev–Trinajstić information content (AvgIpc) is 2.39. The SMILES string of the molecule is O=S1CCN(S(=O)(=O)c2cc(F)ccc2CCl)CC1. The quantitative estimate of drug-likeness (QED) is 0.788. The smallest absolute Gasteiger partial charge is 0.243 e. The van der Waals surface area contributed by atoms with Crippen molar-refractivity contribution >= 4 is 32.4 Å². The van der Waals surface area contributed by atoms with Crippen molar-refractivity contribution in [1.82, 2.24) is 4.31 Å². The van der Waals surface area contributed by atoms with Crippen LogP contribution in [0.1, 0.15) is 5.56 Å². The zero-order chi connectivity index (χ0) is 14.0. The first-order valence-electron chi connectivity index (χ1n) is 5.64. The van der Waals surface area contributed by atoms with E-state index in [1.54, 1.807) is 0 Å². The molecular formula is C11H13ClFNO3S2. The lowest BCUT2D eigenvalue weighted by Crippen LogP contribution is -2.42. The van der Waals surface area contributed by atoms with E-state index >= 15 is 0 Å². The summed E-state index contributed by atoms with van der Waals surface area (Å²) in [5.41, 5.74) is 0.370. The normalized spacial score (nSPS) is 18.6. The van der Waals surface area contributed by atoms with Gasteiger partial charge in [-0.15, -0.1) is 11.6 Å². The van der Waals surface area contributed by atoms with Gasteiger partial charge in [0.25, 0.3) is 0 Å². The molecule has 4 nitrogen and oxygen atoms in total. The number of hydrogen-bond donors (Lipinski definition) is 0. The van der Waals surface area contributed by atoms with E-state index in [1.165, 1.54) is 16.4 Å². The first-order valence-corrected chi connectivity index (χ1v) is 9.11. The molecule has 0 aliphatic carbocycles. The van der Waals surface area contributed by atoms with Gasteiger partial charge in [0.05, 0.1) is 4.90 Å². The van der Waals surface area contributed by atoms with Crippen LogP contribution in [-0.2, 0) is 26.7 Å². The van der Waals surface area contributed by atoms with Crippen molar-refractivity contribution in [3.05, 3.63) is 29.6 Å². The molecule has 106 valence electrons. The van der Waals surface area contributed by atoms with E-state index in [0.29, 0.717) is 17.1 Å². The Labute approximate surface area is 119 Å². The lowest BCUT2D eigenvalue weighted by molar-refractivity contribution is 0.437. The highest BCUT2D eigenvalue weighted by atomic mass is 35.5. The van der Waals surface area contributed by atoms with Gasteiger partial charge in [-0.05, 0) is 17.7 Å². The van der Waals surface area contributed by atoms with Crippen molar-refractivity contribution in [2.75, 3.05) is 24.6 Å². The van der Waals surface area contributed by atoms with Gasteiger partial charge in [0.1, 0.15) is 5.82 Å². The van der Waals surface area contributed by atoms with Gasteiger partial charge in [-0.1, -0.05) is 6.07 Å². The van der Waals surface area contributed by atoms with Crippen LogP contribution in [0.4, 0.5) is 4.39 Å². The van der Waals surface area contributed by atoms with Crippen molar-refractivity contribution in [2.45, 2.75) is 10.8 Å². The van der Waals surface area contributed by atoms with Crippen molar-refractivity contribution < 1.29 is 17.0 Å². The van der Waals surface area contributed by atoms with Crippen LogP contribution in [0.3, 0.4) is 0 Å². The first-order chi connectivity index (χ1) is 8.95. The van der Waals surface area contributed by atoms with E-state index in [1.807, 2.05) is 0 Å². The van der Waals surface area contributed by atoms with Crippen LogP contribution in [0.15, 0.2) is 23.1 Å². The molecule has 1 saturated heterocycles. The second-order valence-corrected chi connectivity index (χ2v) is 8.01. The highest BCUT2D eigenvalue weighted by molar-refractivity contribution is 7.89. The maximum Gasteiger partial charge on any atom is 0.243 e. The van der Waals surface area contributed by atoms with Gasteiger partial charge in [0.15, 0.2) is 0 Å². The molecule has 0 aromatic heterocycles. The number of nitrogens with zero attached hydrogens (tertiary/aromatic N) is 1. The minimum Gasteiger partial charge on any atom is -0.259 e. The van der Waals surface area contributed by atoms with Crippen molar-refractivity contribution in [3.8, 4) is 0 Å². The molecule has 0 unspecified atom stereocenters. The molecule has 0 atom stereocenters. The molecule has 8 heteroatoms. The summed E-state index contributed by atoms with van der Waals surface area (Å²) in [5, 5.41) is 0. The molecule has 1 aliphatic rings. The predicted molar refractivity (Wildman–Crippen MR) is 72.6 cm³/mol. The molecule has 1 aromatic rings. The number of rotatable bonds is 3. The summed E-state index contributed by atoms with van der Waals surface area (Å²) in [6, 6.07) is 3.54. The van der Waals surface area contributed by atoms with Gasteiger partial charge in [0.2, 0.25) is 10.0 Å². The summed E-state index contributed by atoms with van der Waals surface area (Å²) in [6.07, 6.45) is 0. The molecule has 1 aromatic carbocycles. The monoisotopic (exact) mass is 325 g/mol. The lowest BCUT2D eigenvalue weighted by atomic mass is 10.2. The minimum atomic E-state index is -3.78. The van der Waals surface area contributed by atoms with Crippen molar-refractivity contribution in [1.29, 1.82) is 0 Å². The van der Waals surface area contributed by atoms with E-state index < -0.39 is 26.6 Å². The fraction of sp³-hybridized carbons (Fsp3) is 0.455. The first kappa shape index (κ1) is 14.9. The zero-order valence-electron chi connectivity index (χ0n) is 10.0. The Kier molecular flexibility index (Phi) is 4.60. The molecule has 0 spiro atoms. The summed E-state index contributed by atoms with van der Waals surface area (Å²) >= 11 is 5.70. The zero-order valence-corrected chi connectivity index (χ0v) is 12.4. The van der Waals surface area contributed by atoms with Gasteiger partial charge in [-0.3, -0.25) is 4.21 Å². The van der Waals surface area contributed by atoms with Gasteiger partial charge in [-0.25, -0.2) is 12.8 Å². The third-order valence-electron chi connectivity index (χ3n) is 2.93. The van der Waals surface area contributed by atoms with Crippen LogP contribution in [-0.4, -0.2) is 41.5 Å². The maximum absolute atomic E-state index is 13.3. The van der Waals surface area contributed by atoms with E-state index in [2.05, 4.69) is 0 Å². The number of alkyl halides is 1. The Morgan fingerprint density at radius 1 is 1.32 bits per heavy atom. The Morgan fingerprint density at radius 2 is 1.95 bits per heavy atom. The molecule has 1 heterocycles. The molecule has 0 radical (unpaired) electrons. The summed E-state index contributed by atoms with van der Waals surface area (Å²) in [7, 11) is -4.75. The second kappa shape index (κ2) is 5.87.